The Bertz CT molecular complexity index is 935. The number of benzene rings is 1. The smallest absolute Gasteiger partial charge is 0.262 e. The number of nitrogens with one attached hydrogen (secondary N) is 2. The Labute approximate surface area is 164 Å². The first-order valence-corrected chi connectivity index (χ1v) is 9.38. The van der Waals surface area contributed by atoms with Crippen molar-refractivity contribution < 1.29 is 14.3 Å². The summed E-state index contributed by atoms with van der Waals surface area (Å²) in [5, 5.41) is 16.0. The number of hydrogen-bond acceptors (Lipinski definition) is 4. The first-order chi connectivity index (χ1) is 13.6. The number of ether oxygens (including phenoxy) is 1. The van der Waals surface area contributed by atoms with Crippen LogP contribution >= 0.6 is 0 Å². The standard InChI is InChI=1S/C21H24N4O3/c1-28-10-4-9-23-20(26)14-25-13-16(18-5-2-3-6-19(18)25)11-15(12-22)21(27)24-17-7-8-17/h2-3,5-6,11,13,17H,4,7-10,14H2,1H3,(H,23,26)(H,24,27). The lowest BCUT2D eigenvalue weighted by Crippen LogP contribution is -2.28. The van der Waals surface area contributed by atoms with Crippen LogP contribution in [-0.2, 0) is 20.9 Å². The molecular formula is C21H24N4O3. The van der Waals surface area contributed by atoms with Crippen molar-refractivity contribution >= 4 is 28.8 Å². The molecule has 0 atom stereocenters. The molecule has 1 fully saturated rings. The summed E-state index contributed by atoms with van der Waals surface area (Å²) in [4.78, 5) is 24.5. The Balaban J connectivity index is 1.80. The minimum atomic E-state index is -0.349. The summed E-state index contributed by atoms with van der Waals surface area (Å²) < 4.78 is 6.81. The maximum Gasteiger partial charge on any atom is 0.262 e. The zero-order valence-corrected chi connectivity index (χ0v) is 15.9. The molecule has 0 saturated heterocycles. The van der Waals surface area contributed by atoms with Gasteiger partial charge >= 0.3 is 0 Å². The molecule has 2 amide bonds. The molecule has 3 rings (SSSR count). The number of carbonyl (C=O) groups excluding carboxylic acids is 2. The Kier molecular flexibility index (Phi) is 6.45. The van der Waals surface area contributed by atoms with Crippen LogP contribution in [0.25, 0.3) is 17.0 Å². The van der Waals surface area contributed by atoms with Gasteiger partial charge in [-0.15, -0.1) is 0 Å². The fraction of sp³-hybridized carbons (Fsp3) is 0.381. The summed E-state index contributed by atoms with van der Waals surface area (Å²) in [7, 11) is 1.63. The number of methoxy groups -OCH3 is 1. The molecule has 7 heteroatoms. The van der Waals surface area contributed by atoms with E-state index in [1.807, 2.05) is 34.9 Å². The fourth-order valence-corrected chi connectivity index (χ4v) is 2.97. The first-order valence-electron chi connectivity index (χ1n) is 9.38. The Morgan fingerprint density at radius 1 is 1.36 bits per heavy atom. The predicted molar refractivity (Wildman–Crippen MR) is 106 cm³/mol. The van der Waals surface area contributed by atoms with Crippen molar-refractivity contribution in [2.24, 2.45) is 0 Å². The van der Waals surface area contributed by atoms with Gasteiger partial charge in [0.1, 0.15) is 18.2 Å². The van der Waals surface area contributed by atoms with E-state index in [9.17, 15) is 14.9 Å². The van der Waals surface area contributed by atoms with E-state index in [4.69, 9.17) is 4.74 Å². The number of para-hydroxylation sites is 1. The van der Waals surface area contributed by atoms with E-state index in [1.54, 1.807) is 19.4 Å². The monoisotopic (exact) mass is 380 g/mol. The van der Waals surface area contributed by atoms with E-state index < -0.39 is 0 Å². The van der Waals surface area contributed by atoms with Crippen LogP contribution in [0.15, 0.2) is 36.0 Å². The van der Waals surface area contributed by atoms with E-state index >= 15 is 0 Å². The van der Waals surface area contributed by atoms with E-state index in [0.717, 1.165) is 35.7 Å². The second-order valence-electron chi connectivity index (χ2n) is 6.84. The van der Waals surface area contributed by atoms with Crippen molar-refractivity contribution in [3.63, 3.8) is 0 Å². The van der Waals surface area contributed by atoms with E-state index in [-0.39, 0.29) is 30.0 Å². The lowest BCUT2D eigenvalue weighted by Gasteiger charge is -2.07. The number of aromatic nitrogens is 1. The van der Waals surface area contributed by atoms with Crippen LogP contribution in [0.4, 0.5) is 0 Å². The highest BCUT2D eigenvalue weighted by atomic mass is 16.5. The Morgan fingerprint density at radius 3 is 2.86 bits per heavy atom. The number of carbonyl (C=O) groups is 2. The van der Waals surface area contributed by atoms with Gasteiger partial charge in [0.05, 0.1) is 0 Å². The maximum atomic E-state index is 12.2. The number of nitrogens with zero attached hydrogens (tertiary/aromatic N) is 2. The highest BCUT2D eigenvalue weighted by Gasteiger charge is 2.25. The quantitative estimate of drug-likeness (QED) is 0.395. The molecule has 0 spiro atoms. The van der Waals surface area contributed by atoms with Crippen LogP contribution in [-0.4, -0.2) is 42.7 Å². The molecule has 1 aliphatic rings. The number of amides is 2. The summed E-state index contributed by atoms with van der Waals surface area (Å²) in [5.74, 6) is -0.447. The average molecular weight is 380 g/mol. The first kappa shape index (κ1) is 19.6. The molecule has 0 radical (unpaired) electrons. The summed E-state index contributed by atoms with van der Waals surface area (Å²) in [6.07, 6.45) is 6.07. The third kappa shape index (κ3) is 4.99. The van der Waals surface area contributed by atoms with E-state index in [2.05, 4.69) is 10.6 Å². The Morgan fingerprint density at radius 2 is 2.14 bits per heavy atom. The topological polar surface area (TPSA) is 96.2 Å². The highest BCUT2D eigenvalue weighted by Crippen LogP contribution is 2.24. The summed E-state index contributed by atoms with van der Waals surface area (Å²) in [5.41, 5.74) is 1.68. The van der Waals surface area contributed by atoms with Crippen molar-refractivity contribution in [2.75, 3.05) is 20.3 Å². The molecule has 2 N–H and O–H groups in total. The molecule has 1 aromatic carbocycles. The van der Waals surface area contributed by atoms with Crippen LogP contribution in [0.1, 0.15) is 24.8 Å². The SMILES string of the molecule is COCCCNC(=O)Cn1cc(C=C(C#N)C(=O)NC2CC2)c2ccccc21. The van der Waals surface area contributed by atoms with Gasteiger partial charge in [-0.1, -0.05) is 18.2 Å². The Hall–Kier alpha value is -3.11. The molecule has 1 saturated carbocycles. The third-order valence-corrected chi connectivity index (χ3v) is 4.56. The zero-order chi connectivity index (χ0) is 19.9. The van der Waals surface area contributed by atoms with Gasteiger partial charge in [0.2, 0.25) is 5.91 Å². The van der Waals surface area contributed by atoms with Crippen LogP contribution < -0.4 is 10.6 Å². The fourth-order valence-electron chi connectivity index (χ4n) is 2.97. The molecule has 7 nitrogen and oxygen atoms in total. The second kappa shape index (κ2) is 9.20. The molecule has 0 bridgehead atoms. The maximum absolute atomic E-state index is 12.2. The second-order valence-corrected chi connectivity index (χ2v) is 6.84. The number of rotatable bonds is 9. The van der Waals surface area contributed by atoms with Gasteiger partial charge in [0, 0.05) is 49.0 Å². The molecular weight excluding hydrogens is 356 g/mol. The van der Waals surface area contributed by atoms with Crippen molar-refractivity contribution in [2.45, 2.75) is 31.8 Å². The van der Waals surface area contributed by atoms with Gasteiger partial charge < -0.3 is 19.9 Å². The molecule has 0 unspecified atom stereocenters. The molecule has 1 aromatic heterocycles. The van der Waals surface area contributed by atoms with Crippen molar-refractivity contribution in [1.82, 2.24) is 15.2 Å². The van der Waals surface area contributed by atoms with Gasteiger partial charge in [-0.2, -0.15) is 5.26 Å². The lowest BCUT2D eigenvalue weighted by molar-refractivity contribution is -0.121. The lowest BCUT2D eigenvalue weighted by atomic mass is 10.1. The van der Waals surface area contributed by atoms with Gasteiger partial charge in [-0.25, -0.2) is 0 Å². The van der Waals surface area contributed by atoms with Gasteiger partial charge in [0.15, 0.2) is 0 Å². The van der Waals surface area contributed by atoms with Crippen LogP contribution in [0.5, 0.6) is 0 Å². The van der Waals surface area contributed by atoms with Gasteiger partial charge in [-0.3, -0.25) is 9.59 Å². The van der Waals surface area contributed by atoms with Crippen molar-refractivity contribution in [1.29, 1.82) is 5.26 Å². The number of hydrogen-bond donors (Lipinski definition) is 2. The third-order valence-electron chi connectivity index (χ3n) is 4.56. The molecule has 1 aliphatic carbocycles. The van der Waals surface area contributed by atoms with Gasteiger partial charge in [0.25, 0.3) is 5.91 Å². The van der Waals surface area contributed by atoms with Crippen molar-refractivity contribution in [3.05, 3.63) is 41.6 Å². The van der Waals surface area contributed by atoms with E-state index in [0.29, 0.717) is 13.2 Å². The van der Waals surface area contributed by atoms with Crippen LogP contribution in [0.3, 0.4) is 0 Å². The summed E-state index contributed by atoms with van der Waals surface area (Å²) >= 11 is 0. The largest absolute Gasteiger partial charge is 0.385 e. The molecule has 2 aromatic rings. The summed E-state index contributed by atoms with van der Waals surface area (Å²) in [6, 6.07) is 9.80. The summed E-state index contributed by atoms with van der Waals surface area (Å²) in [6.45, 7) is 1.32. The highest BCUT2D eigenvalue weighted by molar-refractivity contribution is 6.04. The van der Waals surface area contributed by atoms with Crippen molar-refractivity contribution in [3.8, 4) is 6.07 Å². The molecule has 146 valence electrons. The van der Waals surface area contributed by atoms with Crippen LogP contribution in [0.2, 0.25) is 0 Å². The number of fused-ring (bicyclic) bond motifs is 1. The molecule has 1 heterocycles. The minimum Gasteiger partial charge on any atom is -0.385 e. The van der Waals surface area contributed by atoms with E-state index in [1.165, 1.54) is 0 Å². The predicted octanol–water partition coefficient (Wildman–Crippen LogP) is 1.98. The zero-order valence-electron chi connectivity index (χ0n) is 15.9. The average Bonchev–Trinajstić information content (AvgIpc) is 3.45. The molecule has 28 heavy (non-hydrogen) atoms. The normalized spacial score (nSPS) is 13.9. The van der Waals surface area contributed by atoms with Gasteiger partial charge in [-0.05, 0) is 31.4 Å². The minimum absolute atomic E-state index is 0.0684. The molecule has 0 aliphatic heterocycles. The number of nitriles is 1. The van der Waals surface area contributed by atoms with Crippen LogP contribution in [0, 0.1) is 11.3 Å².